The molecule has 132 valence electrons. The van der Waals surface area contributed by atoms with Crippen molar-refractivity contribution in [2.75, 3.05) is 0 Å². The van der Waals surface area contributed by atoms with Gasteiger partial charge in [0, 0.05) is 0 Å². The average molecular weight is 457 g/mol. The maximum atomic E-state index is 12.4. The molecular weight excluding hydrogens is 457 g/mol. The quantitative estimate of drug-likeness (QED) is 0.371. The topological polar surface area (TPSA) is 57.2 Å². The molecule has 0 aromatic heterocycles. The number of hydrogen-bond donors (Lipinski definition) is 0. The molecule has 0 rings (SSSR count). The van der Waals surface area contributed by atoms with Crippen molar-refractivity contribution in [1.29, 1.82) is 0 Å². The summed E-state index contributed by atoms with van der Waals surface area (Å²) in [7, 11) is -7.66. The van der Waals surface area contributed by atoms with Crippen LogP contribution in [0.5, 0.6) is 0 Å². The first kappa shape index (κ1) is 23.2. The SMILES string of the molecule is O=S(=O)([O-])C(F)(F)C(F)(F)C(F)(F)C(F)(F)C(F)(F)F.[Ag+]. The number of halogens is 11. The van der Waals surface area contributed by atoms with Crippen molar-refractivity contribution in [2.24, 2.45) is 0 Å². The number of hydrogen-bond acceptors (Lipinski definition) is 3. The van der Waals surface area contributed by atoms with Gasteiger partial charge in [0.25, 0.3) is 0 Å². The minimum absolute atomic E-state index is 0. The Bertz CT molecular complexity index is 481. The van der Waals surface area contributed by atoms with E-state index in [9.17, 15) is 61.3 Å². The fourth-order valence-corrected chi connectivity index (χ4v) is 1.16. The van der Waals surface area contributed by atoms with Crippen molar-refractivity contribution in [3.05, 3.63) is 0 Å². The fourth-order valence-electron chi connectivity index (χ4n) is 0.715. The van der Waals surface area contributed by atoms with Crippen LogP contribution in [0.1, 0.15) is 0 Å². The van der Waals surface area contributed by atoms with Gasteiger partial charge in [-0.1, -0.05) is 0 Å². The van der Waals surface area contributed by atoms with Crippen molar-refractivity contribution in [3.63, 3.8) is 0 Å². The zero-order valence-electron chi connectivity index (χ0n) is 8.59. The van der Waals surface area contributed by atoms with Crippen molar-refractivity contribution < 1.29 is 83.6 Å². The minimum atomic E-state index is -7.90. The normalized spacial score (nSPS) is 15.6. The van der Waals surface area contributed by atoms with Gasteiger partial charge < -0.3 is 4.55 Å². The molecular formula is C5AgF11O3S. The molecule has 0 atom stereocenters. The van der Waals surface area contributed by atoms with Crippen LogP contribution in [-0.2, 0) is 32.5 Å². The van der Waals surface area contributed by atoms with Crippen LogP contribution < -0.4 is 0 Å². The first-order chi connectivity index (χ1) is 8.25. The second-order valence-corrected chi connectivity index (χ2v) is 4.61. The van der Waals surface area contributed by atoms with Gasteiger partial charge in [0.15, 0.2) is 10.1 Å². The molecule has 3 nitrogen and oxygen atoms in total. The van der Waals surface area contributed by atoms with Gasteiger partial charge in [0.2, 0.25) is 0 Å². The summed E-state index contributed by atoms with van der Waals surface area (Å²) in [6.45, 7) is 0. The van der Waals surface area contributed by atoms with E-state index in [0.717, 1.165) is 0 Å². The summed E-state index contributed by atoms with van der Waals surface area (Å²) in [4.78, 5) is 0. The fraction of sp³-hybridized carbons (Fsp3) is 1.00. The third-order valence-electron chi connectivity index (χ3n) is 1.82. The molecule has 0 aliphatic rings. The van der Waals surface area contributed by atoms with Gasteiger partial charge in [-0.25, -0.2) is 8.42 Å². The van der Waals surface area contributed by atoms with Crippen LogP contribution in [0.4, 0.5) is 48.3 Å². The summed E-state index contributed by atoms with van der Waals surface area (Å²) in [6, 6.07) is 0. The molecule has 0 bridgehead atoms. The Balaban J connectivity index is 0. The maximum Gasteiger partial charge on any atom is 1.00 e. The van der Waals surface area contributed by atoms with E-state index < -0.39 is 39.3 Å². The standard InChI is InChI=1S/C5HF11O3S.Ag/c6-1(7,2(8,9)4(12,13)14)3(10,11)5(15,16)20(17,18)19;/h(H,17,18,19);/q;+1/p-1. The maximum absolute atomic E-state index is 12.4. The zero-order valence-corrected chi connectivity index (χ0v) is 10.9. The Morgan fingerprint density at radius 3 is 1.10 bits per heavy atom. The molecule has 0 spiro atoms. The zero-order chi connectivity index (χ0) is 17.0. The summed E-state index contributed by atoms with van der Waals surface area (Å²) >= 11 is 0. The number of rotatable bonds is 4. The summed E-state index contributed by atoms with van der Waals surface area (Å²) in [5, 5.41) is -7.40. The van der Waals surface area contributed by atoms with Gasteiger partial charge in [-0.3, -0.25) is 0 Å². The molecule has 0 aromatic rings. The summed E-state index contributed by atoms with van der Waals surface area (Å²) in [5.74, 6) is -23.4. The minimum Gasteiger partial charge on any atom is -0.743 e. The smallest absolute Gasteiger partial charge is 0.743 e. The van der Waals surface area contributed by atoms with E-state index >= 15 is 0 Å². The third-order valence-corrected chi connectivity index (χ3v) is 2.71. The van der Waals surface area contributed by atoms with E-state index in [1.807, 2.05) is 0 Å². The monoisotopic (exact) mass is 456 g/mol. The van der Waals surface area contributed by atoms with Crippen molar-refractivity contribution in [3.8, 4) is 0 Å². The van der Waals surface area contributed by atoms with Crippen molar-refractivity contribution in [1.82, 2.24) is 0 Å². The van der Waals surface area contributed by atoms with Gasteiger partial charge in [-0.2, -0.15) is 48.3 Å². The molecule has 0 aromatic carbocycles. The molecule has 16 heteroatoms. The Morgan fingerprint density at radius 2 is 0.905 bits per heavy atom. The van der Waals surface area contributed by atoms with E-state index in [-0.39, 0.29) is 22.4 Å². The average Bonchev–Trinajstić information content (AvgIpc) is 2.12. The van der Waals surface area contributed by atoms with E-state index in [0.29, 0.717) is 0 Å². The first-order valence-corrected chi connectivity index (χ1v) is 5.19. The van der Waals surface area contributed by atoms with Crippen LogP contribution in [-0.4, -0.2) is 42.2 Å². The molecule has 0 aliphatic heterocycles. The predicted molar refractivity (Wildman–Crippen MR) is 35.5 cm³/mol. The van der Waals surface area contributed by atoms with E-state index in [2.05, 4.69) is 0 Å². The predicted octanol–water partition coefficient (Wildman–Crippen LogP) is 2.59. The first-order valence-electron chi connectivity index (χ1n) is 3.78. The van der Waals surface area contributed by atoms with E-state index in [1.54, 1.807) is 0 Å². The third kappa shape index (κ3) is 3.16. The molecule has 0 saturated carbocycles. The molecule has 21 heavy (non-hydrogen) atoms. The molecule has 0 aliphatic carbocycles. The molecule has 0 radical (unpaired) electrons. The van der Waals surface area contributed by atoms with Crippen LogP contribution >= 0.6 is 0 Å². The van der Waals surface area contributed by atoms with Crippen LogP contribution in [0.2, 0.25) is 0 Å². The molecule has 0 unspecified atom stereocenters. The Labute approximate surface area is 123 Å². The molecule has 0 amide bonds. The Hall–Kier alpha value is -0.120. The Morgan fingerprint density at radius 1 is 0.619 bits per heavy atom. The Kier molecular flexibility index (Phi) is 6.07. The van der Waals surface area contributed by atoms with Crippen LogP contribution in [0.3, 0.4) is 0 Å². The number of alkyl halides is 11. The largest absolute Gasteiger partial charge is 1.00 e. The van der Waals surface area contributed by atoms with Crippen molar-refractivity contribution in [2.45, 2.75) is 29.2 Å². The second-order valence-electron chi connectivity index (χ2n) is 3.19. The van der Waals surface area contributed by atoms with Crippen molar-refractivity contribution >= 4 is 10.1 Å². The van der Waals surface area contributed by atoms with E-state index in [4.69, 9.17) is 0 Å². The summed E-state index contributed by atoms with van der Waals surface area (Å²) < 4.78 is 162. The van der Waals surface area contributed by atoms with Crippen LogP contribution in [0.15, 0.2) is 0 Å². The molecule has 0 saturated heterocycles. The molecule has 0 fully saturated rings. The van der Waals surface area contributed by atoms with Crippen LogP contribution in [0, 0.1) is 0 Å². The van der Waals surface area contributed by atoms with Gasteiger partial charge in [0.05, 0.1) is 0 Å². The summed E-state index contributed by atoms with van der Waals surface area (Å²) in [6.07, 6.45) is -7.41. The molecule has 0 N–H and O–H groups in total. The van der Waals surface area contributed by atoms with Gasteiger partial charge in [0.1, 0.15) is 0 Å². The van der Waals surface area contributed by atoms with Crippen LogP contribution in [0.25, 0.3) is 0 Å². The summed E-state index contributed by atoms with van der Waals surface area (Å²) in [5.41, 5.74) is 0. The van der Waals surface area contributed by atoms with Gasteiger partial charge in [-0.15, -0.1) is 0 Å². The van der Waals surface area contributed by atoms with Gasteiger partial charge in [-0.05, 0) is 0 Å². The van der Waals surface area contributed by atoms with Gasteiger partial charge >= 0.3 is 51.6 Å². The van der Waals surface area contributed by atoms with E-state index in [1.165, 1.54) is 0 Å². The molecule has 0 heterocycles. The second kappa shape index (κ2) is 5.50.